The summed E-state index contributed by atoms with van der Waals surface area (Å²) in [5, 5.41) is 2.79. The molecule has 1 aliphatic rings. The van der Waals surface area contributed by atoms with Crippen LogP contribution in [-0.2, 0) is 22.1 Å². The lowest BCUT2D eigenvalue weighted by atomic mass is 9.98. The predicted molar refractivity (Wildman–Crippen MR) is 97.0 cm³/mol. The minimum atomic E-state index is -1.02. The number of benzene rings is 1. The van der Waals surface area contributed by atoms with E-state index in [0.29, 0.717) is 24.6 Å². The average Bonchev–Trinajstić information content (AvgIpc) is 2.59. The SMILES string of the molecule is CC(C)OC(=O)NCC1CCN(S(=O)CCc2ccc(F)cc2)CC1. The van der Waals surface area contributed by atoms with Crippen LogP contribution in [0.3, 0.4) is 0 Å². The number of carbonyl (C=O) groups excluding carboxylic acids is 1. The number of rotatable bonds is 7. The van der Waals surface area contributed by atoms with Gasteiger partial charge in [-0.3, -0.25) is 0 Å². The molecule has 1 amide bonds. The minimum absolute atomic E-state index is 0.120. The molecule has 0 aromatic heterocycles. The molecule has 2 rings (SSSR count). The third-order valence-corrected chi connectivity index (χ3v) is 5.71. The molecule has 1 heterocycles. The van der Waals surface area contributed by atoms with E-state index < -0.39 is 11.0 Å². The van der Waals surface area contributed by atoms with E-state index in [1.807, 2.05) is 18.2 Å². The van der Waals surface area contributed by atoms with Crippen molar-refractivity contribution in [2.24, 2.45) is 5.92 Å². The van der Waals surface area contributed by atoms with Gasteiger partial charge in [0.1, 0.15) is 5.82 Å². The van der Waals surface area contributed by atoms with Crippen molar-refractivity contribution in [1.82, 2.24) is 9.62 Å². The average molecular weight is 370 g/mol. The molecule has 140 valence electrons. The van der Waals surface area contributed by atoms with Crippen LogP contribution < -0.4 is 5.32 Å². The van der Waals surface area contributed by atoms with Gasteiger partial charge < -0.3 is 10.1 Å². The first-order valence-electron chi connectivity index (χ1n) is 8.76. The Morgan fingerprint density at radius 3 is 2.56 bits per heavy atom. The molecule has 0 bridgehead atoms. The molecule has 0 radical (unpaired) electrons. The smallest absolute Gasteiger partial charge is 0.407 e. The number of carbonyl (C=O) groups is 1. The summed E-state index contributed by atoms with van der Waals surface area (Å²) < 4.78 is 32.3. The van der Waals surface area contributed by atoms with Gasteiger partial charge in [0, 0.05) is 25.4 Å². The van der Waals surface area contributed by atoms with E-state index in [1.54, 1.807) is 12.1 Å². The van der Waals surface area contributed by atoms with E-state index in [-0.39, 0.29) is 18.0 Å². The van der Waals surface area contributed by atoms with Crippen LogP contribution in [0.1, 0.15) is 32.3 Å². The third-order valence-electron chi connectivity index (χ3n) is 4.22. The van der Waals surface area contributed by atoms with Crippen molar-refractivity contribution in [2.45, 2.75) is 39.2 Å². The molecule has 25 heavy (non-hydrogen) atoms. The maximum atomic E-state index is 12.9. The highest BCUT2D eigenvalue weighted by Gasteiger charge is 2.23. The van der Waals surface area contributed by atoms with Gasteiger partial charge in [0.15, 0.2) is 0 Å². The van der Waals surface area contributed by atoms with E-state index in [9.17, 15) is 13.4 Å². The Balaban J connectivity index is 1.66. The van der Waals surface area contributed by atoms with Crippen LogP contribution in [0.25, 0.3) is 0 Å². The van der Waals surface area contributed by atoms with Crippen LogP contribution in [0.5, 0.6) is 0 Å². The normalized spacial score (nSPS) is 17.4. The van der Waals surface area contributed by atoms with Crippen molar-refractivity contribution in [1.29, 1.82) is 0 Å². The van der Waals surface area contributed by atoms with Crippen molar-refractivity contribution in [3.05, 3.63) is 35.6 Å². The number of nitrogens with zero attached hydrogens (tertiary/aromatic N) is 1. The summed E-state index contributed by atoms with van der Waals surface area (Å²) in [5.74, 6) is 0.692. The van der Waals surface area contributed by atoms with Gasteiger partial charge in [0.2, 0.25) is 0 Å². The first-order valence-corrected chi connectivity index (χ1v) is 10.0. The summed E-state index contributed by atoms with van der Waals surface area (Å²) >= 11 is 0. The Hall–Kier alpha value is -1.47. The molecule has 1 fully saturated rings. The van der Waals surface area contributed by atoms with Crippen LogP contribution >= 0.6 is 0 Å². The molecular weight excluding hydrogens is 343 g/mol. The first-order chi connectivity index (χ1) is 11.9. The van der Waals surface area contributed by atoms with Crippen molar-refractivity contribution in [3.63, 3.8) is 0 Å². The van der Waals surface area contributed by atoms with Crippen LogP contribution in [0.15, 0.2) is 24.3 Å². The van der Waals surface area contributed by atoms with Gasteiger partial charge in [-0.25, -0.2) is 17.7 Å². The van der Waals surface area contributed by atoms with Gasteiger partial charge in [-0.1, -0.05) is 12.1 Å². The van der Waals surface area contributed by atoms with Gasteiger partial charge >= 0.3 is 6.09 Å². The molecule has 5 nitrogen and oxygen atoms in total. The Morgan fingerprint density at radius 2 is 1.96 bits per heavy atom. The highest BCUT2D eigenvalue weighted by molar-refractivity contribution is 7.82. The fraction of sp³-hybridized carbons (Fsp3) is 0.611. The highest BCUT2D eigenvalue weighted by Crippen LogP contribution is 2.18. The fourth-order valence-electron chi connectivity index (χ4n) is 2.79. The lowest BCUT2D eigenvalue weighted by molar-refractivity contribution is 0.113. The predicted octanol–water partition coefficient (Wildman–Crippen LogP) is 2.88. The van der Waals surface area contributed by atoms with E-state index in [1.165, 1.54) is 12.1 Å². The van der Waals surface area contributed by atoms with E-state index in [4.69, 9.17) is 4.74 Å². The van der Waals surface area contributed by atoms with E-state index in [2.05, 4.69) is 5.32 Å². The van der Waals surface area contributed by atoms with Crippen molar-refractivity contribution in [3.8, 4) is 0 Å². The van der Waals surface area contributed by atoms with Crippen molar-refractivity contribution >= 4 is 17.1 Å². The lowest BCUT2D eigenvalue weighted by Gasteiger charge is -2.30. The zero-order chi connectivity index (χ0) is 18.2. The zero-order valence-electron chi connectivity index (χ0n) is 14.9. The molecule has 0 aliphatic carbocycles. The van der Waals surface area contributed by atoms with Crippen LogP contribution in [0, 0.1) is 11.7 Å². The molecule has 1 aliphatic heterocycles. The fourth-order valence-corrected chi connectivity index (χ4v) is 4.07. The number of ether oxygens (including phenoxy) is 1. The summed E-state index contributed by atoms with van der Waals surface area (Å²) in [5.41, 5.74) is 0.998. The Bertz CT molecular complexity index is 572. The molecule has 1 atom stereocenters. The molecule has 7 heteroatoms. The summed E-state index contributed by atoms with van der Waals surface area (Å²) in [6, 6.07) is 6.34. The van der Waals surface area contributed by atoms with E-state index in [0.717, 1.165) is 31.5 Å². The second-order valence-corrected chi connectivity index (χ2v) is 8.18. The van der Waals surface area contributed by atoms with Crippen molar-refractivity contribution in [2.75, 3.05) is 25.4 Å². The van der Waals surface area contributed by atoms with Gasteiger partial charge in [0.05, 0.1) is 17.1 Å². The van der Waals surface area contributed by atoms with Gasteiger partial charge in [-0.15, -0.1) is 0 Å². The lowest BCUT2D eigenvalue weighted by Crippen LogP contribution is -2.40. The second kappa shape index (κ2) is 9.87. The highest BCUT2D eigenvalue weighted by atomic mass is 32.2. The zero-order valence-corrected chi connectivity index (χ0v) is 15.7. The summed E-state index contributed by atoms with van der Waals surface area (Å²) in [7, 11) is -1.02. The third kappa shape index (κ3) is 7.12. The Kier molecular flexibility index (Phi) is 7.84. The monoisotopic (exact) mass is 370 g/mol. The van der Waals surface area contributed by atoms with Gasteiger partial charge in [-0.05, 0) is 56.7 Å². The van der Waals surface area contributed by atoms with Crippen LogP contribution in [0.4, 0.5) is 9.18 Å². The number of piperidine rings is 1. The topological polar surface area (TPSA) is 58.6 Å². The number of aryl methyl sites for hydroxylation is 1. The first kappa shape index (κ1) is 19.8. The summed E-state index contributed by atoms with van der Waals surface area (Å²) in [4.78, 5) is 11.5. The van der Waals surface area contributed by atoms with Crippen LogP contribution in [0.2, 0.25) is 0 Å². The summed E-state index contributed by atoms with van der Waals surface area (Å²) in [6.45, 7) is 5.77. The molecule has 0 spiro atoms. The van der Waals surface area contributed by atoms with E-state index >= 15 is 0 Å². The maximum Gasteiger partial charge on any atom is 0.407 e. The quantitative estimate of drug-likeness (QED) is 0.803. The number of hydrogen-bond donors (Lipinski definition) is 1. The minimum Gasteiger partial charge on any atom is -0.447 e. The Labute approximate surface area is 151 Å². The summed E-state index contributed by atoms with van der Waals surface area (Å²) in [6.07, 6.45) is 2.00. The number of hydrogen-bond acceptors (Lipinski definition) is 3. The standard InChI is InChI=1S/C18H27FN2O3S/c1-14(2)24-18(22)20-13-16-7-10-21(11-8-16)25(23)12-9-15-3-5-17(19)6-4-15/h3-6,14,16H,7-13H2,1-2H3,(H,20,22). The number of halogens is 1. The maximum absolute atomic E-state index is 12.9. The molecule has 1 saturated heterocycles. The largest absolute Gasteiger partial charge is 0.447 e. The molecule has 1 aromatic rings. The molecular formula is C18H27FN2O3S. The molecule has 1 aromatic carbocycles. The number of amides is 1. The number of nitrogens with one attached hydrogen (secondary N) is 1. The molecule has 1 N–H and O–H groups in total. The second-order valence-electron chi connectivity index (χ2n) is 6.61. The number of alkyl carbamates (subject to hydrolysis) is 1. The Morgan fingerprint density at radius 1 is 1.32 bits per heavy atom. The molecule has 1 unspecified atom stereocenters. The molecule has 0 saturated carbocycles. The van der Waals surface area contributed by atoms with Gasteiger partial charge in [-0.2, -0.15) is 0 Å². The van der Waals surface area contributed by atoms with Crippen LogP contribution in [-0.4, -0.2) is 46.1 Å². The van der Waals surface area contributed by atoms with Crippen molar-refractivity contribution < 1.29 is 18.1 Å². The van der Waals surface area contributed by atoms with Gasteiger partial charge in [0.25, 0.3) is 0 Å².